The lowest BCUT2D eigenvalue weighted by Crippen LogP contribution is -2.39. The first kappa shape index (κ1) is 18.2. The first-order valence-corrected chi connectivity index (χ1v) is 8.42. The maximum Gasteiger partial charge on any atom is 0.193 e. The molecule has 0 spiro atoms. The lowest BCUT2D eigenvalue weighted by Gasteiger charge is -2.21. The number of nitrogens with one attached hydrogen (secondary N) is 1. The number of hydrogen-bond donors (Lipinski definition) is 1. The molecule has 0 aromatic rings. The SMILES string of the molecule is CCCCN(C)C(=NCCCOCC1CCOC1)NCC. The number of unbranched alkanes of at least 4 members (excludes halogenated alkanes) is 1. The van der Waals surface area contributed by atoms with Crippen molar-refractivity contribution in [1.82, 2.24) is 10.2 Å². The predicted octanol–water partition coefficient (Wildman–Crippen LogP) is 2.13. The van der Waals surface area contributed by atoms with Crippen LogP contribution in [0.4, 0.5) is 0 Å². The zero-order valence-electron chi connectivity index (χ0n) is 14.1. The van der Waals surface area contributed by atoms with E-state index in [1.165, 1.54) is 12.8 Å². The number of rotatable bonds is 10. The summed E-state index contributed by atoms with van der Waals surface area (Å²) in [6.45, 7) is 10.5. The van der Waals surface area contributed by atoms with Crippen LogP contribution in [0, 0.1) is 5.92 Å². The van der Waals surface area contributed by atoms with Gasteiger partial charge in [0.1, 0.15) is 0 Å². The number of guanidine groups is 1. The molecule has 1 unspecified atom stereocenters. The van der Waals surface area contributed by atoms with E-state index in [0.717, 1.165) is 64.9 Å². The van der Waals surface area contributed by atoms with E-state index >= 15 is 0 Å². The summed E-state index contributed by atoms with van der Waals surface area (Å²) in [5.41, 5.74) is 0. The Kier molecular flexibility index (Phi) is 10.3. The largest absolute Gasteiger partial charge is 0.381 e. The third kappa shape index (κ3) is 8.27. The number of aliphatic imine (C=N–C) groups is 1. The summed E-state index contributed by atoms with van der Waals surface area (Å²) >= 11 is 0. The van der Waals surface area contributed by atoms with Gasteiger partial charge >= 0.3 is 0 Å². The van der Waals surface area contributed by atoms with E-state index in [9.17, 15) is 0 Å². The smallest absolute Gasteiger partial charge is 0.193 e. The first-order chi connectivity index (χ1) is 10.3. The average Bonchev–Trinajstić information content (AvgIpc) is 3.00. The highest BCUT2D eigenvalue weighted by molar-refractivity contribution is 5.79. The third-order valence-corrected chi connectivity index (χ3v) is 3.63. The third-order valence-electron chi connectivity index (χ3n) is 3.63. The molecule has 1 N–H and O–H groups in total. The summed E-state index contributed by atoms with van der Waals surface area (Å²) in [5, 5.41) is 3.35. The fraction of sp³-hybridized carbons (Fsp3) is 0.938. The van der Waals surface area contributed by atoms with Gasteiger partial charge in [-0.25, -0.2) is 0 Å². The molecule has 0 bridgehead atoms. The van der Waals surface area contributed by atoms with Gasteiger partial charge in [0.05, 0.1) is 13.2 Å². The van der Waals surface area contributed by atoms with Crippen molar-refractivity contribution in [2.45, 2.75) is 39.5 Å². The van der Waals surface area contributed by atoms with Crippen LogP contribution < -0.4 is 5.32 Å². The Bertz CT molecular complexity index is 279. The average molecular weight is 299 g/mol. The molecule has 0 radical (unpaired) electrons. The van der Waals surface area contributed by atoms with Crippen LogP contribution in [-0.2, 0) is 9.47 Å². The van der Waals surface area contributed by atoms with Gasteiger partial charge in [0.25, 0.3) is 0 Å². The highest BCUT2D eigenvalue weighted by Crippen LogP contribution is 2.12. The van der Waals surface area contributed by atoms with Crippen LogP contribution in [0.3, 0.4) is 0 Å². The second kappa shape index (κ2) is 11.8. The van der Waals surface area contributed by atoms with Crippen LogP contribution >= 0.6 is 0 Å². The fourth-order valence-corrected chi connectivity index (χ4v) is 2.29. The van der Waals surface area contributed by atoms with Gasteiger partial charge < -0.3 is 19.7 Å². The van der Waals surface area contributed by atoms with Crippen LogP contribution in [0.25, 0.3) is 0 Å². The van der Waals surface area contributed by atoms with E-state index in [-0.39, 0.29) is 0 Å². The summed E-state index contributed by atoms with van der Waals surface area (Å²) in [6.07, 6.45) is 4.53. The molecule has 0 amide bonds. The van der Waals surface area contributed by atoms with Crippen LogP contribution in [0.2, 0.25) is 0 Å². The van der Waals surface area contributed by atoms with Crippen LogP contribution in [-0.4, -0.2) is 64.0 Å². The molecule has 21 heavy (non-hydrogen) atoms. The van der Waals surface area contributed by atoms with Crippen molar-refractivity contribution in [3.8, 4) is 0 Å². The molecule has 0 aromatic carbocycles. The Morgan fingerprint density at radius 2 is 2.24 bits per heavy atom. The van der Waals surface area contributed by atoms with Crippen LogP contribution in [0.5, 0.6) is 0 Å². The van der Waals surface area contributed by atoms with E-state index in [1.54, 1.807) is 0 Å². The molecule has 1 atom stereocenters. The minimum absolute atomic E-state index is 0.603. The van der Waals surface area contributed by atoms with Gasteiger partial charge in [0.15, 0.2) is 5.96 Å². The van der Waals surface area contributed by atoms with Crippen molar-refractivity contribution >= 4 is 5.96 Å². The van der Waals surface area contributed by atoms with Crippen molar-refractivity contribution in [2.75, 3.05) is 53.1 Å². The molecule has 5 nitrogen and oxygen atoms in total. The zero-order valence-corrected chi connectivity index (χ0v) is 14.1. The second-order valence-corrected chi connectivity index (χ2v) is 5.67. The highest BCUT2D eigenvalue weighted by atomic mass is 16.5. The highest BCUT2D eigenvalue weighted by Gasteiger charge is 2.15. The van der Waals surface area contributed by atoms with Gasteiger partial charge in [-0.3, -0.25) is 4.99 Å². The minimum atomic E-state index is 0.603. The number of nitrogens with zero attached hydrogens (tertiary/aromatic N) is 2. The van der Waals surface area contributed by atoms with Gasteiger partial charge in [0.2, 0.25) is 0 Å². The standard InChI is InChI=1S/C16H33N3O2/c1-4-6-10-19(3)16(17-5-2)18-9-7-11-20-13-15-8-12-21-14-15/h15H,4-14H2,1-3H3,(H,17,18). The topological polar surface area (TPSA) is 46.1 Å². The summed E-state index contributed by atoms with van der Waals surface area (Å²) in [5.74, 6) is 1.61. The Hall–Kier alpha value is -0.810. The van der Waals surface area contributed by atoms with Crippen molar-refractivity contribution < 1.29 is 9.47 Å². The normalized spacial score (nSPS) is 19.0. The molecule has 1 saturated heterocycles. The maximum atomic E-state index is 5.70. The van der Waals surface area contributed by atoms with Gasteiger partial charge in [-0.05, 0) is 26.2 Å². The van der Waals surface area contributed by atoms with Crippen molar-refractivity contribution in [3.63, 3.8) is 0 Å². The molecule has 0 saturated carbocycles. The van der Waals surface area contributed by atoms with Gasteiger partial charge in [-0.1, -0.05) is 13.3 Å². The molecular weight excluding hydrogens is 266 g/mol. The van der Waals surface area contributed by atoms with Crippen molar-refractivity contribution in [3.05, 3.63) is 0 Å². The number of hydrogen-bond acceptors (Lipinski definition) is 3. The van der Waals surface area contributed by atoms with Gasteiger partial charge in [0, 0.05) is 45.8 Å². The molecule has 1 rings (SSSR count). The van der Waals surface area contributed by atoms with Gasteiger partial charge in [-0.15, -0.1) is 0 Å². The number of ether oxygens (including phenoxy) is 2. The molecule has 1 heterocycles. The molecule has 5 heteroatoms. The summed E-state index contributed by atoms with van der Waals surface area (Å²) in [4.78, 5) is 6.87. The van der Waals surface area contributed by atoms with Gasteiger partial charge in [-0.2, -0.15) is 0 Å². The molecule has 124 valence electrons. The molecule has 1 aliphatic rings. The van der Waals surface area contributed by atoms with E-state index in [0.29, 0.717) is 5.92 Å². The Labute approximate surface area is 130 Å². The first-order valence-electron chi connectivity index (χ1n) is 8.42. The summed E-state index contributed by atoms with van der Waals surface area (Å²) in [7, 11) is 2.10. The maximum absolute atomic E-state index is 5.70. The molecule has 0 aromatic heterocycles. The Morgan fingerprint density at radius 1 is 1.38 bits per heavy atom. The minimum Gasteiger partial charge on any atom is -0.381 e. The monoisotopic (exact) mass is 299 g/mol. The quantitative estimate of drug-likeness (QED) is 0.381. The molecular formula is C16H33N3O2. The van der Waals surface area contributed by atoms with E-state index in [1.807, 2.05) is 0 Å². The van der Waals surface area contributed by atoms with E-state index in [2.05, 4.69) is 36.1 Å². The fourth-order valence-electron chi connectivity index (χ4n) is 2.29. The summed E-state index contributed by atoms with van der Waals surface area (Å²) < 4.78 is 11.0. The molecule has 0 aliphatic carbocycles. The Balaban J connectivity index is 2.14. The van der Waals surface area contributed by atoms with Crippen LogP contribution in [0.15, 0.2) is 4.99 Å². The summed E-state index contributed by atoms with van der Waals surface area (Å²) in [6, 6.07) is 0. The molecule has 1 aliphatic heterocycles. The lowest BCUT2D eigenvalue weighted by atomic mass is 10.1. The Morgan fingerprint density at radius 3 is 2.90 bits per heavy atom. The lowest BCUT2D eigenvalue weighted by molar-refractivity contribution is 0.0893. The second-order valence-electron chi connectivity index (χ2n) is 5.67. The predicted molar refractivity (Wildman–Crippen MR) is 87.9 cm³/mol. The van der Waals surface area contributed by atoms with Crippen molar-refractivity contribution in [1.29, 1.82) is 0 Å². The van der Waals surface area contributed by atoms with E-state index in [4.69, 9.17) is 9.47 Å². The van der Waals surface area contributed by atoms with Crippen LogP contribution in [0.1, 0.15) is 39.5 Å². The van der Waals surface area contributed by atoms with Crippen molar-refractivity contribution in [2.24, 2.45) is 10.9 Å². The van der Waals surface area contributed by atoms with E-state index < -0.39 is 0 Å². The zero-order chi connectivity index (χ0) is 15.3. The molecule has 1 fully saturated rings.